The van der Waals surface area contributed by atoms with Gasteiger partial charge in [-0.25, -0.2) is 13.1 Å². The van der Waals surface area contributed by atoms with Crippen LogP contribution in [0.5, 0.6) is 5.75 Å². The number of sulfonamides is 1. The van der Waals surface area contributed by atoms with E-state index >= 15 is 0 Å². The van der Waals surface area contributed by atoms with Crippen LogP contribution < -0.4 is 14.8 Å². The Morgan fingerprint density at radius 3 is 2.47 bits per heavy atom. The van der Waals surface area contributed by atoms with Gasteiger partial charge in [0.2, 0.25) is 15.9 Å². The van der Waals surface area contributed by atoms with Gasteiger partial charge in [-0.05, 0) is 54.7 Å². The van der Waals surface area contributed by atoms with Crippen molar-refractivity contribution in [2.45, 2.75) is 9.79 Å². The van der Waals surface area contributed by atoms with Crippen molar-refractivity contribution in [3.8, 4) is 5.75 Å². The fourth-order valence-corrected chi connectivity index (χ4v) is 3.98. The number of hydrogen-bond acceptors (Lipinski definition) is 6. The molecule has 0 radical (unpaired) electrons. The van der Waals surface area contributed by atoms with Crippen LogP contribution in [0.15, 0.2) is 58.3 Å². The first-order valence-electron chi connectivity index (χ1n) is 8.76. The maximum absolute atomic E-state index is 12.4. The number of ether oxygens (including phenoxy) is 1. The third kappa shape index (κ3) is 6.09. The number of anilines is 1. The van der Waals surface area contributed by atoms with E-state index < -0.39 is 15.9 Å². The quantitative estimate of drug-likeness (QED) is 0.497. The molecular weight excluding hydrogens is 426 g/mol. The molecule has 8 nitrogen and oxygen atoms in total. The van der Waals surface area contributed by atoms with Crippen LogP contribution in [0, 0.1) is 0 Å². The summed E-state index contributed by atoms with van der Waals surface area (Å²) in [6.45, 7) is 0. The average Bonchev–Trinajstić information content (AvgIpc) is 2.73. The Bertz CT molecular complexity index is 1070. The number of para-hydroxylation sites is 1. The van der Waals surface area contributed by atoms with E-state index in [1.54, 1.807) is 44.4 Å². The summed E-state index contributed by atoms with van der Waals surface area (Å²) in [6.07, 6.45) is 2.77. The topological polar surface area (TPSA) is 105 Å². The molecule has 0 aliphatic heterocycles. The number of carbonyl (C=O) groups excluding carboxylic acids is 2. The maximum atomic E-state index is 12.4. The van der Waals surface area contributed by atoms with E-state index in [0.29, 0.717) is 16.1 Å². The zero-order valence-electron chi connectivity index (χ0n) is 17.0. The van der Waals surface area contributed by atoms with Crippen LogP contribution in [0.4, 0.5) is 10.5 Å². The Kier molecular flexibility index (Phi) is 8.04. The van der Waals surface area contributed by atoms with E-state index in [2.05, 4.69) is 10.0 Å². The number of nitrogens with one attached hydrogen (secondary N) is 2. The molecule has 10 heteroatoms. The molecule has 2 amide bonds. The van der Waals surface area contributed by atoms with Crippen molar-refractivity contribution < 1.29 is 22.7 Å². The first-order chi connectivity index (χ1) is 14.2. The second kappa shape index (κ2) is 10.3. The molecule has 160 valence electrons. The summed E-state index contributed by atoms with van der Waals surface area (Å²) < 4.78 is 31.7. The molecule has 0 aliphatic carbocycles. The minimum atomic E-state index is -3.72. The van der Waals surface area contributed by atoms with Gasteiger partial charge in [-0.15, -0.1) is 0 Å². The Balaban J connectivity index is 2.20. The van der Waals surface area contributed by atoms with Crippen molar-refractivity contribution in [2.75, 3.05) is 33.6 Å². The molecule has 2 aromatic rings. The van der Waals surface area contributed by atoms with Crippen molar-refractivity contribution in [1.29, 1.82) is 0 Å². The predicted octanol–water partition coefficient (Wildman–Crippen LogP) is 3.03. The first kappa shape index (κ1) is 23.5. The van der Waals surface area contributed by atoms with E-state index in [-0.39, 0.29) is 15.9 Å². The van der Waals surface area contributed by atoms with E-state index in [1.165, 1.54) is 43.3 Å². The van der Waals surface area contributed by atoms with Crippen molar-refractivity contribution in [2.24, 2.45) is 0 Å². The highest BCUT2D eigenvalue weighted by molar-refractivity contribution is 8.13. The zero-order chi connectivity index (χ0) is 22.3. The minimum absolute atomic E-state index is 0.0287. The summed E-state index contributed by atoms with van der Waals surface area (Å²) in [5.41, 5.74) is 1.01. The van der Waals surface area contributed by atoms with Crippen LogP contribution in [0.1, 0.15) is 5.56 Å². The van der Waals surface area contributed by atoms with Gasteiger partial charge in [0.25, 0.3) is 5.24 Å². The number of hydrogen-bond donors (Lipinski definition) is 2. The Hall–Kier alpha value is -2.82. The van der Waals surface area contributed by atoms with Crippen LogP contribution in [-0.2, 0) is 14.8 Å². The molecule has 0 saturated heterocycles. The molecule has 2 rings (SSSR count). The van der Waals surface area contributed by atoms with Gasteiger partial charge in [0.1, 0.15) is 10.6 Å². The lowest BCUT2D eigenvalue weighted by molar-refractivity contribution is -0.111. The summed E-state index contributed by atoms with van der Waals surface area (Å²) in [5.74, 6) is -0.225. The maximum Gasteiger partial charge on any atom is 0.286 e. The van der Waals surface area contributed by atoms with Crippen molar-refractivity contribution >= 4 is 44.7 Å². The third-order valence-electron chi connectivity index (χ3n) is 3.88. The van der Waals surface area contributed by atoms with E-state index in [4.69, 9.17) is 4.74 Å². The van der Waals surface area contributed by atoms with Crippen LogP contribution in [0.25, 0.3) is 6.08 Å². The predicted molar refractivity (Wildman–Crippen MR) is 118 cm³/mol. The number of thioether (sulfide) groups is 1. The lowest BCUT2D eigenvalue weighted by Gasteiger charge is -2.12. The molecule has 0 fully saturated rings. The highest BCUT2D eigenvalue weighted by atomic mass is 32.2. The molecule has 0 aliphatic rings. The van der Waals surface area contributed by atoms with Gasteiger partial charge >= 0.3 is 0 Å². The lowest BCUT2D eigenvalue weighted by atomic mass is 10.2. The fourth-order valence-electron chi connectivity index (χ4n) is 2.31. The molecule has 0 aromatic heterocycles. The van der Waals surface area contributed by atoms with Crippen LogP contribution in [0.3, 0.4) is 0 Å². The minimum Gasteiger partial charge on any atom is -0.495 e. The molecule has 2 N–H and O–H groups in total. The van der Waals surface area contributed by atoms with Crippen LogP contribution in [-0.4, -0.2) is 52.7 Å². The Labute approximate surface area is 180 Å². The number of benzene rings is 2. The summed E-state index contributed by atoms with van der Waals surface area (Å²) in [4.78, 5) is 26.3. The number of nitrogens with zero attached hydrogens (tertiary/aromatic N) is 1. The molecule has 0 bridgehead atoms. The summed E-state index contributed by atoms with van der Waals surface area (Å²) in [7, 11) is 2.26. The average molecular weight is 450 g/mol. The SMILES string of the molecule is CNS(=O)(=O)c1cc(/C=C/C(=O)Nc2ccccc2SC(=O)N(C)C)ccc1OC. The van der Waals surface area contributed by atoms with Gasteiger partial charge in [0.05, 0.1) is 12.8 Å². The van der Waals surface area contributed by atoms with E-state index in [9.17, 15) is 18.0 Å². The second-order valence-corrected chi connectivity index (χ2v) is 9.05. The van der Waals surface area contributed by atoms with Gasteiger partial charge < -0.3 is 15.0 Å². The monoisotopic (exact) mass is 449 g/mol. The fraction of sp³-hybridized carbons (Fsp3) is 0.200. The highest BCUT2D eigenvalue weighted by Crippen LogP contribution is 2.29. The Morgan fingerprint density at radius 1 is 1.13 bits per heavy atom. The van der Waals surface area contributed by atoms with Gasteiger partial charge in [-0.3, -0.25) is 9.59 Å². The van der Waals surface area contributed by atoms with Crippen molar-refractivity contribution in [1.82, 2.24) is 9.62 Å². The van der Waals surface area contributed by atoms with Gasteiger partial charge in [-0.2, -0.15) is 0 Å². The van der Waals surface area contributed by atoms with Gasteiger partial charge in [-0.1, -0.05) is 18.2 Å². The molecule has 30 heavy (non-hydrogen) atoms. The highest BCUT2D eigenvalue weighted by Gasteiger charge is 2.18. The summed E-state index contributed by atoms with van der Waals surface area (Å²) >= 11 is 1.01. The van der Waals surface area contributed by atoms with Crippen LogP contribution in [0.2, 0.25) is 0 Å². The molecule has 0 spiro atoms. The van der Waals surface area contributed by atoms with Crippen molar-refractivity contribution in [3.05, 3.63) is 54.1 Å². The molecule has 2 aromatic carbocycles. The van der Waals surface area contributed by atoms with Crippen molar-refractivity contribution in [3.63, 3.8) is 0 Å². The summed E-state index contributed by atoms with van der Waals surface area (Å²) in [5, 5.41) is 2.57. The number of rotatable bonds is 7. The molecule has 0 atom stereocenters. The second-order valence-electron chi connectivity index (χ2n) is 6.20. The first-order valence-corrected chi connectivity index (χ1v) is 11.1. The standard InChI is InChI=1S/C20H23N3O5S2/c1-21-30(26,27)18-13-14(9-11-16(18)28-4)10-12-19(24)22-15-7-5-6-8-17(15)29-20(25)23(2)3/h5-13,21H,1-4H3,(H,22,24)/b12-10+. The molecule has 0 unspecified atom stereocenters. The smallest absolute Gasteiger partial charge is 0.286 e. The normalized spacial score (nSPS) is 11.3. The molecule has 0 heterocycles. The van der Waals surface area contributed by atoms with Gasteiger partial charge in [0, 0.05) is 25.1 Å². The largest absolute Gasteiger partial charge is 0.495 e. The lowest BCUT2D eigenvalue weighted by Crippen LogP contribution is -2.19. The number of methoxy groups -OCH3 is 1. The van der Waals surface area contributed by atoms with Crippen LogP contribution >= 0.6 is 11.8 Å². The van der Waals surface area contributed by atoms with Gasteiger partial charge in [0.15, 0.2) is 0 Å². The van der Waals surface area contributed by atoms with E-state index in [1.807, 2.05) is 0 Å². The molecular formula is C20H23N3O5S2. The summed E-state index contributed by atoms with van der Waals surface area (Å²) in [6, 6.07) is 11.5. The molecule has 0 saturated carbocycles. The van der Waals surface area contributed by atoms with E-state index in [0.717, 1.165) is 11.8 Å². The zero-order valence-corrected chi connectivity index (χ0v) is 18.6. The number of amides is 2. The Morgan fingerprint density at radius 2 is 1.83 bits per heavy atom. The third-order valence-corrected chi connectivity index (χ3v) is 6.43. The number of carbonyl (C=O) groups is 2.